The quantitative estimate of drug-likeness (QED) is 0.332. The molecule has 3 atom stereocenters. The van der Waals surface area contributed by atoms with E-state index in [1.165, 1.54) is 25.3 Å². The van der Waals surface area contributed by atoms with Gasteiger partial charge in [-0.25, -0.2) is 5.01 Å². The fraction of sp³-hybridized carbons (Fsp3) is 0.280. The molecule has 0 bridgehead atoms. The lowest BCUT2D eigenvalue weighted by molar-refractivity contribution is -0.154. The van der Waals surface area contributed by atoms with Crippen LogP contribution in [0.2, 0.25) is 10.0 Å². The summed E-state index contributed by atoms with van der Waals surface area (Å²) < 4.78 is 5.12. The van der Waals surface area contributed by atoms with Crippen molar-refractivity contribution in [3.63, 3.8) is 0 Å². The number of Topliss-reactive ketones (excluding diaryl/α,β-unsaturated/α-hetero) is 1. The summed E-state index contributed by atoms with van der Waals surface area (Å²) in [4.78, 5) is 53.3. The summed E-state index contributed by atoms with van der Waals surface area (Å²) in [6.07, 6.45) is 4.16. The molecule has 0 aromatic heterocycles. The van der Waals surface area contributed by atoms with Gasteiger partial charge in [0.05, 0.1) is 29.0 Å². The zero-order chi connectivity index (χ0) is 24.6. The zero-order valence-electron chi connectivity index (χ0n) is 18.5. The molecule has 2 aromatic rings. The number of halogens is 2. The van der Waals surface area contributed by atoms with Crippen LogP contribution in [0.1, 0.15) is 34.1 Å². The lowest BCUT2D eigenvalue weighted by Gasteiger charge is -2.30. The van der Waals surface area contributed by atoms with Gasteiger partial charge < -0.3 is 4.74 Å². The lowest BCUT2D eigenvalue weighted by atomic mass is 9.78. The molecule has 7 nitrogen and oxygen atoms in total. The number of fused-ring (bicyclic) bond motifs is 1. The van der Waals surface area contributed by atoms with Gasteiger partial charge in [0, 0.05) is 11.1 Å². The predicted octanol–water partition coefficient (Wildman–Crippen LogP) is 4.44. The zero-order valence-corrected chi connectivity index (χ0v) is 20.0. The average molecular weight is 501 g/mol. The van der Waals surface area contributed by atoms with Crippen molar-refractivity contribution in [3.8, 4) is 5.75 Å². The monoisotopic (exact) mass is 500 g/mol. The topological polar surface area (TPSA) is 84.0 Å². The number of amides is 3. The Hall–Kier alpha value is -3.16. The third-order valence-corrected chi connectivity index (χ3v) is 6.94. The Labute approximate surface area is 206 Å². The molecule has 2 aromatic carbocycles. The number of methoxy groups -OCH3 is 1. The number of rotatable bonds is 6. The largest absolute Gasteiger partial charge is 0.497 e. The summed E-state index contributed by atoms with van der Waals surface area (Å²) in [6, 6.07) is 10.6. The van der Waals surface area contributed by atoms with Gasteiger partial charge in [0.25, 0.3) is 17.7 Å². The van der Waals surface area contributed by atoms with E-state index in [1.807, 2.05) is 19.1 Å². The number of hydrogen-bond acceptors (Lipinski definition) is 5. The number of ether oxygens (including phenoxy) is 1. The van der Waals surface area contributed by atoms with E-state index in [2.05, 4.69) is 0 Å². The molecule has 3 amide bonds. The van der Waals surface area contributed by atoms with Crippen molar-refractivity contribution in [1.82, 2.24) is 10.0 Å². The van der Waals surface area contributed by atoms with Crippen molar-refractivity contribution >= 4 is 46.7 Å². The maximum absolute atomic E-state index is 13.5. The van der Waals surface area contributed by atoms with Crippen LogP contribution in [-0.2, 0) is 9.59 Å². The van der Waals surface area contributed by atoms with E-state index in [9.17, 15) is 19.2 Å². The molecule has 0 spiro atoms. The van der Waals surface area contributed by atoms with Crippen LogP contribution < -0.4 is 4.74 Å². The Morgan fingerprint density at radius 3 is 2.32 bits per heavy atom. The SMILES string of the molecule is COc1ccc(C(=O)CN(C(=O)c2ccc(Cl)c(Cl)c2)N2C(=O)[C@@H]3[C@@H](C)C=CC[C@H]3C2=O)cc1. The molecule has 1 aliphatic heterocycles. The third-order valence-electron chi connectivity index (χ3n) is 6.20. The number of hydrazine groups is 1. The highest BCUT2D eigenvalue weighted by Gasteiger charge is 2.53. The number of nitrogens with zero attached hydrogens (tertiary/aromatic N) is 2. The smallest absolute Gasteiger partial charge is 0.273 e. The van der Waals surface area contributed by atoms with E-state index in [1.54, 1.807) is 24.3 Å². The first-order valence-corrected chi connectivity index (χ1v) is 11.5. The van der Waals surface area contributed by atoms with Crippen LogP contribution in [0, 0.1) is 17.8 Å². The highest BCUT2D eigenvalue weighted by Crippen LogP contribution is 2.39. The van der Waals surface area contributed by atoms with Gasteiger partial charge in [-0.3, -0.25) is 19.2 Å². The molecular weight excluding hydrogens is 479 g/mol. The fourth-order valence-electron chi connectivity index (χ4n) is 4.38. The summed E-state index contributed by atoms with van der Waals surface area (Å²) in [6.45, 7) is 1.35. The van der Waals surface area contributed by atoms with E-state index in [0.29, 0.717) is 17.7 Å². The number of benzene rings is 2. The normalized spacial score (nSPS) is 21.4. The number of carbonyl (C=O) groups is 4. The maximum atomic E-state index is 13.5. The maximum Gasteiger partial charge on any atom is 0.273 e. The van der Waals surface area contributed by atoms with E-state index in [0.717, 1.165) is 10.0 Å². The van der Waals surface area contributed by atoms with Gasteiger partial charge in [0.1, 0.15) is 12.3 Å². The second-order valence-corrected chi connectivity index (χ2v) is 9.10. The average Bonchev–Trinajstić information content (AvgIpc) is 3.09. The molecule has 2 aliphatic rings. The molecule has 1 saturated heterocycles. The minimum atomic E-state index is -0.707. The van der Waals surface area contributed by atoms with Crippen LogP contribution in [0.5, 0.6) is 5.75 Å². The highest BCUT2D eigenvalue weighted by molar-refractivity contribution is 6.42. The molecule has 0 N–H and O–H groups in total. The highest BCUT2D eigenvalue weighted by atomic mass is 35.5. The number of imide groups is 1. The standard InChI is InChI=1S/C25H22Cl2N2O5/c1-14-4-3-5-18-22(14)25(33)29(24(18)32)28(23(31)16-8-11-19(26)20(27)12-16)13-21(30)15-6-9-17(34-2)10-7-15/h3-4,6-12,14,18,22H,5,13H2,1-2H3/t14-,18+,22+/m0/s1. The van der Waals surface area contributed by atoms with Gasteiger partial charge in [-0.2, -0.15) is 5.01 Å². The van der Waals surface area contributed by atoms with E-state index >= 15 is 0 Å². The summed E-state index contributed by atoms with van der Waals surface area (Å²) >= 11 is 12.1. The summed E-state index contributed by atoms with van der Waals surface area (Å²) in [5.41, 5.74) is 0.401. The number of allylic oxidation sites excluding steroid dienone is 2. The van der Waals surface area contributed by atoms with Crippen LogP contribution in [0.3, 0.4) is 0 Å². The Balaban J connectivity index is 1.71. The first-order chi connectivity index (χ1) is 16.2. The van der Waals surface area contributed by atoms with Gasteiger partial charge in [-0.15, -0.1) is 0 Å². The lowest BCUT2D eigenvalue weighted by Crippen LogP contribution is -2.52. The third kappa shape index (κ3) is 4.33. The Kier molecular flexibility index (Phi) is 6.77. The first-order valence-electron chi connectivity index (χ1n) is 10.7. The van der Waals surface area contributed by atoms with Crippen molar-refractivity contribution in [3.05, 3.63) is 75.8 Å². The number of ketones is 1. The van der Waals surface area contributed by atoms with Gasteiger partial charge >= 0.3 is 0 Å². The van der Waals surface area contributed by atoms with Gasteiger partial charge in [-0.05, 0) is 54.8 Å². The minimum Gasteiger partial charge on any atom is -0.497 e. The predicted molar refractivity (Wildman–Crippen MR) is 127 cm³/mol. The summed E-state index contributed by atoms with van der Waals surface area (Å²) in [5, 5.41) is 2.14. The van der Waals surface area contributed by atoms with Crippen LogP contribution in [0.4, 0.5) is 0 Å². The van der Waals surface area contributed by atoms with Crippen molar-refractivity contribution in [2.75, 3.05) is 13.7 Å². The Morgan fingerprint density at radius 2 is 1.71 bits per heavy atom. The van der Waals surface area contributed by atoms with E-state index < -0.39 is 41.9 Å². The van der Waals surface area contributed by atoms with Crippen LogP contribution in [-0.4, -0.2) is 47.2 Å². The Bertz CT molecular complexity index is 1190. The number of hydrogen-bond donors (Lipinski definition) is 0. The van der Waals surface area contributed by atoms with Gasteiger partial charge in [0.15, 0.2) is 5.78 Å². The van der Waals surface area contributed by atoms with Gasteiger partial charge in [0.2, 0.25) is 0 Å². The minimum absolute atomic E-state index is 0.0959. The van der Waals surface area contributed by atoms with Crippen LogP contribution >= 0.6 is 23.2 Å². The molecule has 4 rings (SSSR count). The molecule has 1 fully saturated rings. The van der Waals surface area contributed by atoms with Crippen molar-refractivity contribution < 1.29 is 23.9 Å². The Morgan fingerprint density at radius 1 is 1.03 bits per heavy atom. The molecule has 34 heavy (non-hydrogen) atoms. The van der Waals surface area contributed by atoms with E-state index in [4.69, 9.17) is 27.9 Å². The van der Waals surface area contributed by atoms with Crippen molar-refractivity contribution in [2.45, 2.75) is 13.3 Å². The van der Waals surface area contributed by atoms with Gasteiger partial charge in [-0.1, -0.05) is 42.3 Å². The summed E-state index contributed by atoms with van der Waals surface area (Å²) in [5.74, 6) is -2.91. The van der Waals surface area contributed by atoms with E-state index in [-0.39, 0.29) is 21.5 Å². The molecule has 0 radical (unpaired) electrons. The summed E-state index contributed by atoms with van der Waals surface area (Å²) in [7, 11) is 1.51. The molecule has 1 aliphatic carbocycles. The first kappa shape index (κ1) is 24.0. The molecule has 1 heterocycles. The fourth-order valence-corrected chi connectivity index (χ4v) is 4.68. The molecule has 0 unspecified atom stereocenters. The number of carbonyl (C=O) groups excluding carboxylic acids is 4. The van der Waals surface area contributed by atoms with Crippen LogP contribution in [0.15, 0.2) is 54.6 Å². The second-order valence-electron chi connectivity index (χ2n) is 8.29. The van der Waals surface area contributed by atoms with Crippen molar-refractivity contribution in [1.29, 1.82) is 0 Å². The second kappa shape index (κ2) is 9.60. The molecule has 9 heteroatoms. The molecule has 176 valence electrons. The van der Waals surface area contributed by atoms with Crippen LogP contribution in [0.25, 0.3) is 0 Å². The van der Waals surface area contributed by atoms with Crippen molar-refractivity contribution in [2.24, 2.45) is 17.8 Å². The molecular formula is C25H22Cl2N2O5. The molecule has 0 saturated carbocycles.